The van der Waals surface area contributed by atoms with Crippen LogP contribution in [0.25, 0.3) is 0 Å². The summed E-state index contributed by atoms with van der Waals surface area (Å²) in [7, 11) is 0. The average Bonchev–Trinajstić information content (AvgIpc) is 2.33. The maximum Gasteiger partial charge on any atom is 0.0372 e. The Balaban J connectivity index is 2.03. The van der Waals surface area contributed by atoms with Gasteiger partial charge < -0.3 is 11.1 Å². The van der Waals surface area contributed by atoms with Crippen molar-refractivity contribution in [1.82, 2.24) is 0 Å². The van der Waals surface area contributed by atoms with E-state index in [1.54, 1.807) is 0 Å². The second-order valence-corrected chi connectivity index (χ2v) is 4.83. The van der Waals surface area contributed by atoms with Crippen LogP contribution in [0, 0.1) is 6.92 Å². The molecule has 0 aromatic heterocycles. The molecule has 0 heterocycles. The highest BCUT2D eigenvalue weighted by molar-refractivity contribution is 5.52. The minimum absolute atomic E-state index is 0.630. The highest BCUT2D eigenvalue weighted by Gasteiger charge is 2.13. The third kappa shape index (κ3) is 2.76. The first kappa shape index (κ1) is 11.5. The lowest BCUT2D eigenvalue weighted by atomic mass is 9.95. The van der Waals surface area contributed by atoms with Crippen molar-refractivity contribution in [3.05, 3.63) is 29.3 Å². The Morgan fingerprint density at radius 3 is 2.62 bits per heavy atom. The molecule has 2 nitrogen and oxygen atoms in total. The summed E-state index contributed by atoms with van der Waals surface area (Å²) in [6, 6.07) is 7.16. The number of hydrogen-bond acceptors (Lipinski definition) is 2. The fourth-order valence-electron chi connectivity index (χ4n) is 2.48. The molecule has 0 atom stereocenters. The molecule has 0 aliphatic heterocycles. The van der Waals surface area contributed by atoms with Crippen LogP contribution in [0.1, 0.15) is 43.2 Å². The number of hydrogen-bond donors (Lipinski definition) is 2. The van der Waals surface area contributed by atoms with E-state index in [-0.39, 0.29) is 0 Å². The molecule has 0 spiro atoms. The van der Waals surface area contributed by atoms with E-state index in [1.807, 2.05) is 0 Å². The van der Waals surface area contributed by atoms with Gasteiger partial charge in [0.25, 0.3) is 0 Å². The predicted molar refractivity (Wildman–Crippen MR) is 69.6 cm³/mol. The third-order valence-electron chi connectivity index (χ3n) is 3.49. The van der Waals surface area contributed by atoms with Crippen LogP contribution in [-0.4, -0.2) is 6.04 Å². The van der Waals surface area contributed by atoms with Crippen molar-refractivity contribution < 1.29 is 0 Å². The van der Waals surface area contributed by atoms with Crippen molar-refractivity contribution in [2.45, 2.75) is 51.6 Å². The van der Waals surface area contributed by atoms with Gasteiger partial charge in [0.05, 0.1) is 0 Å². The molecule has 0 radical (unpaired) electrons. The van der Waals surface area contributed by atoms with Crippen LogP contribution in [-0.2, 0) is 6.54 Å². The Morgan fingerprint density at radius 1 is 1.25 bits per heavy atom. The Hall–Kier alpha value is -1.02. The first-order valence-electron chi connectivity index (χ1n) is 6.36. The fourth-order valence-corrected chi connectivity index (χ4v) is 2.48. The van der Waals surface area contributed by atoms with Crippen molar-refractivity contribution in [2.24, 2.45) is 5.73 Å². The molecular weight excluding hydrogens is 196 g/mol. The van der Waals surface area contributed by atoms with Crippen molar-refractivity contribution in [3.63, 3.8) is 0 Å². The van der Waals surface area contributed by atoms with E-state index in [0.29, 0.717) is 12.6 Å². The maximum atomic E-state index is 5.63. The molecule has 1 fully saturated rings. The molecule has 0 saturated heterocycles. The van der Waals surface area contributed by atoms with Gasteiger partial charge in [-0.05, 0) is 37.0 Å². The van der Waals surface area contributed by atoms with Gasteiger partial charge in [0, 0.05) is 18.3 Å². The van der Waals surface area contributed by atoms with Crippen LogP contribution >= 0.6 is 0 Å². The Kier molecular flexibility index (Phi) is 3.83. The Morgan fingerprint density at radius 2 is 2.00 bits per heavy atom. The van der Waals surface area contributed by atoms with Crippen LogP contribution in [0.5, 0.6) is 0 Å². The van der Waals surface area contributed by atoms with E-state index in [2.05, 4.69) is 30.4 Å². The first-order valence-corrected chi connectivity index (χ1v) is 6.36. The van der Waals surface area contributed by atoms with Crippen LogP contribution in [0.15, 0.2) is 18.2 Å². The molecule has 1 saturated carbocycles. The van der Waals surface area contributed by atoms with Gasteiger partial charge in [0.15, 0.2) is 0 Å². The van der Waals surface area contributed by atoms with Crippen molar-refractivity contribution in [1.29, 1.82) is 0 Å². The number of rotatable bonds is 3. The van der Waals surface area contributed by atoms with Gasteiger partial charge >= 0.3 is 0 Å². The van der Waals surface area contributed by atoms with Gasteiger partial charge in [-0.3, -0.25) is 0 Å². The summed E-state index contributed by atoms with van der Waals surface area (Å²) >= 11 is 0. The summed E-state index contributed by atoms with van der Waals surface area (Å²) < 4.78 is 0. The van der Waals surface area contributed by atoms with Crippen LogP contribution in [0.4, 0.5) is 5.69 Å². The predicted octanol–water partition coefficient (Wildman–Crippen LogP) is 3.20. The molecule has 88 valence electrons. The van der Waals surface area contributed by atoms with E-state index in [4.69, 9.17) is 5.73 Å². The standard InChI is InChI=1S/C14H22N2/c1-11-9-12(10-15)7-8-14(11)16-13-5-3-2-4-6-13/h7-9,13,16H,2-6,10,15H2,1H3. The number of nitrogens with one attached hydrogen (secondary N) is 1. The molecule has 1 aliphatic carbocycles. The minimum Gasteiger partial charge on any atom is -0.382 e. The maximum absolute atomic E-state index is 5.63. The number of benzene rings is 1. The molecular formula is C14H22N2. The van der Waals surface area contributed by atoms with Gasteiger partial charge in [-0.15, -0.1) is 0 Å². The molecule has 1 aromatic rings. The quantitative estimate of drug-likeness (QED) is 0.817. The van der Waals surface area contributed by atoms with Crippen molar-refractivity contribution >= 4 is 5.69 Å². The first-order chi connectivity index (χ1) is 7.79. The molecule has 1 aromatic carbocycles. The molecule has 1 aliphatic rings. The molecule has 2 rings (SSSR count). The molecule has 2 heteroatoms. The summed E-state index contributed by atoms with van der Waals surface area (Å²) in [5, 5.41) is 3.66. The zero-order valence-corrected chi connectivity index (χ0v) is 10.1. The zero-order chi connectivity index (χ0) is 11.4. The largest absolute Gasteiger partial charge is 0.382 e. The zero-order valence-electron chi connectivity index (χ0n) is 10.1. The second kappa shape index (κ2) is 5.35. The van der Waals surface area contributed by atoms with Crippen LogP contribution in [0.2, 0.25) is 0 Å². The lowest BCUT2D eigenvalue weighted by Crippen LogP contribution is -2.22. The minimum atomic E-state index is 0.630. The highest BCUT2D eigenvalue weighted by Crippen LogP contribution is 2.24. The topological polar surface area (TPSA) is 38.0 Å². The molecule has 3 N–H and O–H groups in total. The Bertz CT molecular complexity index is 341. The molecule has 0 bridgehead atoms. The van der Waals surface area contributed by atoms with Crippen molar-refractivity contribution in [2.75, 3.05) is 5.32 Å². The third-order valence-corrected chi connectivity index (χ3v) is 3.49. The van der Waals surface area contributed by atoms with Gasteiger partial charge in [-0.25, -0.2) is 0 Å². The monoisotopic (exact) mass is 218 g/mol. The molecule has 0 unspecified atom stereocenters. The lowest BCUT2D eigenvalue weighted by molar-refractivity contribution is 0.462. The van der Waals surface area contributed by atoms with E-state index < -0.39 is 0 Å². The van der Waals surface area contributed by atoms with E-state index >= 15 is 0 Å². The lowest BCUT2D eigenvalue weighted by Gasteiger charge is -2.25. The number of anilines is 1. The summed E-state index contributed by atoms with van der Waals surface area (Å²) in [6.45, 7) is 2.79. The fraction of sp³-hybridized carbons (Fsp3) is 0.571. The van der Waals surface area contributed by atoms with Gasteiger partial charge in [0.1, 0.15) is 0 Å². The summed E-state index contributed by atoms with van der Waals surface area (Å²) in [5.74, 6) is 0. The number of aryl methyl sites for hydroxylation is 1. The highest BCUT2D eigenvalue weighted by atomic mass is 14.9. The van der Waals surface area contributed by atoms with E-state index in [0.717, 1.165) is 0 Å². The van der Waals surface area contributed by atoms with Crippen LogP contribution < -0.4 is 11.1 Å². The van der Waals surface area contributed by atoms with Gasteiger partial charge in [-0.1, -0.05) is 31.4 Å². The van der Waals surface area contributed by atoms with E-state index in [1.165, 1.54) is 48.9 Å². The summed E-state index contributed by atoms with van der Waals surface area (Å²) in [4.78, 5) is 0. The smallest absolute Gasteiger partial charge is 0.0372 e. The summed E-state index contributed by atoms with van der Waals surface area (Å²) in [6.07, 6.45) is 6.79. The van der Waals surface area contributed by atoms with Crippen LogP contribution in [0.3, 0.4) is 0 Å². The Labute approximate surface area is 98.2 Å². The summed E-state index contributed by atoms with van der Waals surface area (Å²) in [5.41, 5.74) is 9.44. The second-order valence-electron chi connectivity index (χ2n) is 4.83. The molecule has 16 heavy (non-hydrogen) atoms. The van der Waals surface area contributed by atoms with E-state index in [9.17, 15) is 0 Å². The van der Waals surface area contributed by atoms with Gasteiger partial charge in [0.2, 0.25) is 0 Å². The van der Waals surface area contributed by atoms with Crippen molar-refractivity contribution in [3.8, 4) is 0 Å². The SMILES string of the molecule is Cc1cc(CN)ccc1NC1CCCCC1. The molecule has 0 amide bonds. The average molecular weight is 218 g/mol. The normalized spacial score (nSPS) is 17.4. The van der Waals surface area contributed by atoms with Gasteiger partial charge in [-0.2, -0.15) is 0 Å². The number of nitrogens with two attached hydrogens (primary N) is 1.